The molecule has 0 aliphatic carbocycles. The van der Waals surface area contributed by atoms with Crippen molar-refractivity contribution in [2.24, 2.45) is 0 Å². The van der Waals surface area contributed by atoms with Crippen molar-refractivity contribution >= 4 is 27.7 Å². The summed E-state index contributed by atoms with van der Waals surface area (Å²) in [7, 11) is 4.66. The van der Waals surface area contributed by atoms with Crippen LogP contribution in [0.3, 0.4) is 0 Å². The van der Waals surface area contributed by atoms with E-state index in [1.807, 2.05) is 0 Å². The summed E-state index contributed by atoms with van der Waals surface area (Å²) < 4.78 is 22.4. The quantitative estimate of drug-likeness (QED) is 0.670. The first-order valence-electron chi connectivity index (χ1n) is 6.19. The molecule has 22 heavy (non-hydrogen) atoms. The van der Waals surface area contributed by atoms with Crippen LogP contribution < -0.4 is 14.2 Å². The van der Waals surface area contributed by atoms with Crippen molar-refractivity contribution in [3.05, 3.63) is 23.2 Å². The molecule has 0 spiro atoms. The Morgan fingerprint density at radius 1 is 1.18 bits per heavy atom. The van der Waals surface area contributed by atoms with Gasteiger partial charge in [0.1, 0.15) is 0 Å². The summed E-state index contributed by atoms with van der Waals surface area (Å²) in [4.78, 5) is 0. The van der Waals surface area contributed by atoms with E-state index in [1.54, 1.807) is 33.5 Å². The maximum atomic E-state index is 5.62. The second-order valence-electron chi connectivity index (χ2n) is 4.09. The average Bonchev–Trinajstić information content (AvgIpc) is 3.00. The van der Waals surface area contributed by atoms with Gasteiger partial charge in [0.2, 0.25) is 11.6 Å². The Morgan fingerprint density at radius 3 is 2.32 bits per heavy atom. The zero-order valence-electron chi connectivity index (χ0n) is 12.4. The highest BCUT2D eigenvalue weighted by atomic mass is 79.9. The Labute approximate surface area is 141 Å². The third-order valence-electron chi connectivity index (χ3n) is 2.67. The Balaban J connectivity index is 2.34. The van der Waals surface area contributed by atoms with Crippen LogP contribution in [-0.4, -0.2) is 37.3 Å². The fourth-order valence-electron chi connectivity index (χ4n) is 1.73. The molecule has 0 bridgehead atoms. The Hall–Kier alpha value is -1.67. The summed E-state index contributed by atoms with van der Waals surface area (Å²) in [5.74, 6) is 2.59. The number of aromatic nitrogens is 2. The fraction of sp³-hybridized carbons (Fsp3) is 0.286. The van der Waals surface area contributed by atoms with Crippen molar-refractivity contribution in [2.45, 2.75) is 5.22 Å². The molecule has 0 aliphatic heterocycles. The normalized spacial score (nSPS) is 10.4. The first kappa shape index (κ1) is 16.7. The molecule has 0 aliphatic rings. The van der Waals surface area contributed by atoms with E-state index >= 15 is 0 Å². The topological polar surface area (TPSA) is 66.6 Å². The average molecular weight is 387 g/mol. The van der Waals surface area contributed by atoms with Crippen molar-refractivity contribution in [1.29, 1.82) is 0 Å². The lowest BCUT2D eigenvalue weighted by atomic mass is 10.2. The Kier molecular flexibility index (Phi) is 5.73. The van der Waals surface area contributed by atoms with Crippen molar-refractivity contribution in [2.75, 3.05) is 27.1 Å². The predicted octanol–water partition coefficient (Wildman–Crippen LogP) is 3.76. The molecule has 0 fully saturated rings. The molecule has 0 amide bonds. The molecule has 2 rings (SSSR count). The van der Waals surface area contributed by atoms with Crippen molar-refractivity contribution in [3.8, 4) is 28.7 Å². The van der Waals surface area contributed by atoms with Crippen LogP contribution >= 0.6 is 27.7 Å². The molecule has 1 heterocycles. The summed E-state index contributed by atoms with van der Waals surface area (Å²) >= 11 is 4.68. The number of hydrogen-bond donors (Lipinski definition) is 0. The summed E-state index contributed by atoms with van der Waals surface area (Å²) in [5, 5.41) is 8.49. The third-order valence-corrected chi connectivity index (χ3v) is 4.23. The molecule has 1 aromatic heterocycles. The molecule has 0 atom stereocenters. The van der Waals surface area contributed by atoms with Crippen LogP contribution in [0.1, 0.15) is 0 Å². The Morgan fingerprint density at radius 2 is 1.82 bits per heavy atom. The van der Waals surface area contributed by atoms with Gasteiger partial charge in [-0.3, -0.25) is 0 Å². The highest BCUT2D eigenvalue weighted by Gasteiger charge is 2.17. The molecular formula is C14H15BrN2O4S. The van der Waals surface area contributed by atoms with E-state index in [9.17, 15) is 0 Å². The van der Waals surface area contributed by atoms with E-state index in [-0.39, 0.29) is 0 Å². The molecule has 8 heteroatoms. The van der Waals surface area contributed by atoms with E-state index in [2.05, 4.69) is 32.7 Å². The standard InChI is InChI=1S/C14H15BrN2O4S/c1-8(15)7-22-14-17-16-13(21-14)9-5-10(18-2)12(20-4)11(6-9)19-3/h5-6H,1,7H2,2-4H3. The number of halogens is 1. The molecular weight excluding hydrogens is 372 g/mol. The summed E-state index contributed by atoms with van der Waals surface area (Å²) in [6, 6.07) is 3.51. The van der Waals surface area contributed by atoms with Gasteiger partial charge in [-0.15, -0.1) is 10.2 Å². The molecule has 118 valence electrons. The van der Waals surface area contributed by atoms with Crippen LogP contribution in [-0.2, 0) is 0 Å². The first-order chi connectivity index (χ1) is 10.6. The van der Waals surface area contributed by atoms with Crippen LogP contribution in [0.5, 0.6) is 17.2 Å². The third kappa shape index (κ3) is 3.75. The van der Waals surface area contributed by atoms with Crippen LogP contribution in [0, 0.1) is 0 Å². The lowest BCUT2D eigenvalue weighted by Gasteiger charge is -2.12. The molecule has 0 radical (unpaired) electrons. The largest absolute Gasteiger partial charge is 0.493 e. The summed E-state index contributed by atoms with van der Waals surface area (Å²) in [6.45, 7) is 3.76. The van der Waals surface area contributed by atoms with Gasteiger partial charge in [-0.1, -0.05) is 34.3 Å². The Bertz CT molecular complexity index is 650. The number of ether oxygens (including phenoxy) is 3. The minimum atomic E-state index is 0.377. The molecule has 1 aromatic carbocycles. The van der Waals surface area contributed by atoms with Crippen LogP contribution in [0.25, 0.3) is 11.5 Å². The number of methoxy groups -OCH3 is 3. The van der Waals surface area contributed by atoms with Gasteiger partial charge in [-0.25, -0.2) is 0 Å². The van der Waals surface area contributed by atoms with Gasteiger partial charge >= 0.3 is 0 Å². The molecule has 0 unspecified atom stereocenters. The maximum Gasteiger partial charge on any atom is 0.277 e. The van der Waals surface area contributed by atoms with Gasteiger partial charge in [0, 0.05) is 11.3 Å². The van der Waals surface area contributed by atoms with Gasteiger partial charge in [0.25, 0.3) is 5.22 Å². The van der Waals surface area contributed by atoms with E-state index in [0.717, 1.165) is 4.48 Å². The molecule has 0 saturated carbocycles. The zero-order valence-corrected chi connectivity index (χ0v) is 14.8. The zero-order chi connectivity index (χ0) is 16.1. The number of rotatable bonds is 7. The van der Waals surface area contributed by atoms with E-state index in [1.165, 1.54) is 11.8 Å². The second-order valence-corrected chi connectivity index (χ2v) is 6.14. The van der Waals surface area contributed by atoms with Gasteiger partial charge < -0.3 is 18.6 Å². The predicted molar refractivity (Wildman–Crippen MR) is 88.2 cm³/mol. The minimum Gasteiger partial charge on any atom is -0.493 e. The van der Waals surface area contributed by atoms with E-state index in [0.29, 0.717) is 39.7 Å². The van der Waals surface area contributed by atoms with Crippen LogP contribution in [0.4, 0.5) is 0 Å². The lowest BCUT2D eigenvalue weighted by molar-refractivity contribution is 0.324. The molecule has 6 nitrogen and oxygen atoms in total. The molecule has 2 aromatic rings. The van der Waals surface area contributed by atoms with Crippen LogP contribution in [0.2, 0.25) is 0 Å². The first-order valence-corrected chi connectivity index (χ1v) is 7.96. The highest BCUT2D eigenvalue weighted by molar-refractivity contribution is 9.11. The van der Waals surface area contributed by atoms with Gasteiger partial charge in [-0.05, 0) is 16.6 Å². The number of thioether (sulfide) groups is 1. The van der Waals surface area contributed by atoms with Crippen molar-refractivity contribution in [3.63, 3.8) is 0 Å². The monoisotopic (exact) mass is 386 g/mol. The van der Waals surface area contributed by atoms with Gasteiger partial charge in [0.05, 0.1) is 21.3 Å². The fourth-order valence-corrected chi connectivity index (χ4v) is 2.59. The number of hydrogen-bond acceptors (Lipinski definition) is 7. The smallest absolute Gasteiger partial charge is 0.277 e. The van der Waals surface area contributed by atoms with Gasteiger partial charge in [-0.2, -0.15) is 0 Å². The lowest BCUT2D eigenvalue weighted by Crippen LogP contribution is -1.95. The highest BCUT2D eigenvalue weighted by Crippen LogP contribution is 2.41. The van der Waals surface area contributed by atoms with Gasteiger partial charge in [0.15, 0.2) is 11.5 Å². The van der Waals surface area contributed by atoms with Crippen LogP contribution in [0.15, 0.2) is 32.8 Å². The molecule has 0 N–H and O–H groups in total. The van der Waals surface area contributed by atoms with E-state index in [4.69, 9.17) is 18.6 Å². The SMILES string of the molecule is C=C(Br)CSc1nnc(-c2cc(OC)c(OC)c(OC)c2)o1. The van der Waals surface area contributed by atoms with Crippen molar-refractivity contribution in [1.82, 2.24) is 10.2 Å². The summed E-state index contributed by atoms with van der Waals surface area (Å²) in [5.41, 5.74) is 0.687. The maximum absolute atomic E-state index is 5.62. The van der Waals surface area contributed by atoms with Crippen molar-refractivity contribution < 1.29 is 18.6 Å². The summed E-state index contributed by atoms with van der Waals surface area (Å²) in [6.07, 6.45) is 0. The van der Waals surface area contributed by atoms with E-state index < -0.39 is 0 Å². The number of benzene rings is 1. The molecule has 0 saturated heterocycles. The second kappa shape index (κ2) is 7.55. The minimum absolute atomic E-state index is 0.377. The number of nitrogens with zero attached hydrogens (tertiary/aromatic N) is 2.